The van der Waals surface area contributed by atoms with Crippen LogP contribution in [0.3, 0.4) is 0 Å². The van der Waals surface area contributed by atoms with Crippen LogP contribution in [0.4, 0.5) is 0 Å². The molecule has 0 spiro atoms. The van der Waals surface area contributed by atoms with Crippen molar-refractivity contribution in [1.29, 1.82) is 0 Å². The van der Waals surface area contributed by atoms with E-state index in [9.17, 15) is 0 Å². The molecular formula is C15H17ClN2O2. The Morgan fingerprint density at radius 1 is 1.15 bits per heavy atom. The molecule has 1 unspecified atom stereocenters. The van der Waals surface area contributed by atoms with Gasteiger partial charge in [-0.25, -0.2) is 0 Å². The second-order valence-corrected chi connectivity index (χ2v) is 4.65. The van der Waals surface area contributed by atoms with Crippen LogP contribution in [0.5, 0.6) is 11.5 Å². The Bertz CT molecular complexity index is 568. The molecule has 0 saturated carbocycles. The highest BCUT2D eigenvalue weighted by Crippen LogP contribution is 2.31. The van der Waals surface area contributed by atoms with Crippen molar-refractivity contribution in [3.8, 4) is 11.5 Å². The smallest absolute Gasteiger partial charge is 0.122 e. The number of nitrogens with one attached hydrogen (secondary N) is 1. The van der Waals surface area contributed by atoms with Gasteiger partial charge >= 0.3 is 0 Å². The first-order chi connectivity index (χ1) is 9.69. The number of rotatable bonds is 5. The first-order valence-corrected chi connectivity index (χ1v) is 6.58. The maximum atomic E-state index is 6.23. The van der Waals surface area contributed by atoms with E-state index in [2.05, 4.69) is 10.3 Å². The van der Waals surface area contributed by atoms with Crippen molar-refractivity contribution in [2.45, 2.75) is 6.04 Å². The molecule has 0 fully saturated rings. The number of nitrogens with zero attached hydrogens (tertiary/aromatic N) is 1. The fourth-order valence-corrected chi connectivity index (χ4v) is 2.30. The lowest BCUT2D eigenvalue weighted by Crippen LogP contribution is -2.19. The molecule has 4 nitrogen and oxygen atoms in total. The highest BCUT2D eigenvalue weighted by atomic mass is 35.5. The topological polar surface area (TPSA) is 43.4 Å². The predicted molar refractivity (Wildman–Crippen MR) is 79.7 cm³/mol. The standard InChI is InChI=1S/C15H17ClN2O2/c1-17-14(15-13(16)5-4-6-18-15)10-7-11(19-2)9-12(8-10)20-3/h4-9,14,17H,1-3H3. The van der Waals surface area contributed by atoms with Crippen LogP contribution in [-0.4, -0.2) is 26.3 Å². The monoisotopic (exact) mass is 292 g/mol. The first-order valence-electron chi connectivity index (χ1n) is 6.20. The van der Waals surface area contributed by atoms with Gasteiger partial charge in [-0.2, -0.15) is 0 Å². The van der Waals surface area contributed by atoms with Crippen molar-refractivity contribution in [3.63, 3.8) is 0 Å². The minimum absolute atomic E-state index is 0.132. The summed E-state index contributed by atoms with van der Waals surface area (Å²) in [6, 6.07) is 9.21. The molecule has 5 heteroatoms. The van der Waals surface area contributed by atoms with Gasteiger partial charge in [-0.05, 0) is 36.9 Å². The van der Waals surface area contributed by atoms with E-state index in [0.717, 1.165) is 22.8 Å². The summed E-state index contributed by atoms with van der Waals surface area (Å²) in [4.78, 5) is 4.36. The Kier molecular flexibility index (Phi) is 4.82. The molecule has 1 aromatic heterocycles. The summed E-state index contributed by atoms with van der Waals surface area (Å²) in [5, 5.41) is 3.84. The lowest BCUT2D eigenvalue weighted by molar-refractivity contribution is 0.392. The van der Waals surface area contributed by atoms with E-state index in [4.69, 9.17) is 21.1 Å². The zero-order valence-electron chi connectivity index (χ0n) is 11.7. The van der Waals surface area contributed by atoms with Crippen LogP contribution in [0, 0.1) is 0 Å². The molecule has 0 bridgehead atoms. The molecule has 20 heavy (non-hydrogen) atoms. The van der Waals surface area contributed by atoms with Crippen molar-refractivity contribution < 1.29 is 9.47 Å². The van der Waals surface area contributed by atoms with Crippen molar-refractivity contribution in [3.05, 3.63) is 52.8 Å². The van der Waals surface area contributed by atoms with E-state index in [-0.39, 0.29) is 6.04 Å². The lowest BCUT2D eigenvalue weighted by atomic mass is 10.0. The second kappa shape index (κ2) is 6.59. The molecular weight excluding hydrogens is 276 g/mol. The summed E-state index contributed by atoms with van der Waals surface area (Å²) in [5.41, 5.74) is 1.75. The summed E-state index contributed by atoms with van der Waals surface area (Å²) < 4.78 is 10.6. The van der Waals surface area contributed by atoms with Crippen molar-refractivity contribution in [2.24, 2.45) is 0 Å². The summed E-state index contributed by atoms with van der Waals surface area (Å²) in [5.74, 6) is 1.46. The van der Waals surface area contributed by atoms with Crippen molar-refractivity contribution in [2.75, 3.05) is 21.3 Å². The van der Waals surface area contributed by atoms with E-state index in [1.165, 1.54) is 0 Å². The minimum atomic E-state index is -0.132. The van der Waals surface area contributed by atoms with Crippen molar-refractivity contribution in [1.82, 2.24) is 10.3 Å². The van der Waals surface area contributed by atoms with Crippen LogP contribution in [0.1, 0.15) is 17.3 Å². The third kappa shape index (κ3) is 3.03. The van der Waals surface area contributed by atoms with E-state index in [1.54, 1.807) is 20.4 Å². The second-order valence-electron chi connectivity index (χ2n) is 4.24. The van der Waals surface area contributed by atoms with E-state index >= 15 is 0 Å². The van der Waals surface area contributed by atoms with Gasteiger partial charge in [0.05, 0.1) is 31.0 Å². The molecule has 0 saturated heterocycles. The molecule has 0 aliphatic heterocycles. The van der Waals surface area contributed by atoms with Gasteiger partial charge in [-0.1, -0.05) is 11.6 Å². The van der Waals surface area contributed by atoms with E-state index in [0.29, 0.717) is 5.02 Å². The molecule has 0 amide bonds. The van der Waals surface area contributed by atoms with Crippen LogP contribution in [0.25, 0.3) is 0 Å². The van der Waals surface area contributed by atoms with Crippen LogP contribution in [-0.2, 0) is 0 Å². The highest BCUT2D eigenvalue weighted by molar-refractivity contribution is 6.31. The number of ether oxygens (including phenoxy) is 2. The van der Waals surface area contributed by atoms with Gasteiger partial charge in [0, 0.05) is 12.3 Å². The molecule has 106 valence electrons. The molecule has 2 aromatic rings. The highest BCUT2D eigenvalue weighted by Gasteiger charge is 2.18. The van der Waals surface area contributed by atoms with Gasteiger partial charge in [0.25, 0.3) is 0 Å². The Morgan fingerprint density at radius 3 is 2.30 bits per heavy atom. The normalized spacial score (nSPS) is 12.0. The molecule has 1 aromatic carbocycles. The average Bonchev–Trinajstić information content (AvgIpc) is 2.49. The zero-order chi connectivity index (χ0) is 14.5. The number of hydrogen-bond acceptors (Lipinski definition) is 4. The number of halogens is 1. The first kappa shape index (κ1) is 14.6. The molecule has 1 N–H and O–H groups in total. The van der Waals surface area contributed by atoms with Crippen LogP contribution in [0.2, 0.25) is 5.02 Å². The van der Waals surface area contributed by atoms with Crippen LogP contribution >= 0.6 is 11.6 Å². The fraction of sp³-hybridized carbons (Fsp3) is 0.267. The molecule has 0 aliphatic carbocycles. The summed E-state index contributed by atoms with van der Waals surface area (Å²) in [6.45, 7) is 0. The van der Waals surface area contributed by atoms with Crippen LogP contribution < -0.4 is 14.8 Å². The quantitative estimate of drug-likeness (QED) is 0.920. The Balaban J connectivity index is 2.49. The Labute approximate surface area is 123 Å². The van der Waals surface area contributed by atoms with Gasteiger partial charge in [0.2, 0.25) is 0 Å². The van der Waals surface area contributed by atoms with E-state index in [1.807, 2.05) is 37.4 Å². The van der Waals surface area contributed by atoms with Gasteiger partial charge in [-0.15, -0.1) is 0 Å². The number of aromatic nitrogens is 1. The largest absolute Gasteiger partial charge is 0.497 e. The minimum Gasteiger partial charge on any atom is -0.497 e. The maximum absolute atomic E-state index is 6.23. The maximum Gasteiger partial charge on any atom is 0.122 e. The fourth-order valence-electron chi connectivity index (χ4n) is 2.07. The summed E-state index contributed by atoms with van der Waals surface area (Å²) in [6.07, 6.45) is 1.73. The third-order valence-electron chi connectivity index (χ3n) is 3.06. The number of methoxy groups -OCH3 is 2. The predicted octanol–water partition coefficient (Wildman–Crippen LogP) is 3.06. The molecule has 0 radical (unpaired) electrons. The summed E-state index contributed by atoms with van der Waals surface area (Å²) >= 11 is 6.23. The lowest BCUT2D eigenvalue weighted by Gasteiger charge is -2.19. The van der Waals surface area contributed by atoms with E-state index < -0.39 is 0 Å². The number of hydrogen-bond donors (Lipinski definition) is 1. The van der Waals surface area contributed by atoms with Crippen LogP contribution in [0.15, 0.2) is 36.5 Å². The third-order valence-corrected chi connectivity index (χ3v) is 3.38. The number of pyridine rings is 1. The SMILES string of the molecule is CNC(c1cc(OC)cc(OC)c1)c1ncccc1Cl. The Hall–Kier alpha value is -1.78. The summed E-state index contributed by atoms with van der Waals surface area (Å²) in [7, 11) is 5.11. The van der Waals surface area contributed by atoms with Gasteiger partial charge < -0.3 is 14.8 Å². The van der Waals surface area contributed by atoms with Gasteiger partial charge in [0.1, 0.15) is 11.5 Å². The molecule has 2 rings (SSSR count). The van der Waals surface area contributed by atoms with Gasteiger partial charge in [0.15, 0.2) is 0 Å². The average molecular weight is 293 g/mol. The van der Waals surface area contributed by atoms with Crippen molar-refractivity contribution >= 4 is 11.6 Å². The molecule has 1 atom stereocenters. The zero-order valence-corrected chi connectivity index (χ0v) is 12.4. The number of benzene rings is 1. The Morgan fingerprint density at radius 2 is 1.80 bits per heavy atom. The molecule has 1 heterocycles. The van der Waals surface area contributed by atoms with Gasteiger partial charge in [-0.3, -0.25) is 4.98 Å². The molecule has 0 aliphatic rings.